The van der Waals surface area contributed by atoms with E-state index in [1.54, 1.807) is 12.4 Å². The molecule has 0 spiro atoms. The van der Waals surface area contributed by atoms with E-state index in [0.29, 0.717) is 13.2 Å². The Bertz CT molecular complexity index is 1180. The van der Waals surface area contributed by atoms with E-state index in [1.807, 2.05) is 12.1 Å². The third-order valence-corrected chi connectivity index (χ3v) is 7.21. The van der Waals surface area contributed by atoms with Gasteiger partial charge in [-0.15, -0.1) is 0 Å². The number of hydrogen-bond acceptors (Lipinski definition) is 7. The molecule has 3 aromatic heterocycles. The van der Waals surface area contributed by atoms with Gasteiger partial charge in [0.25, 0.3) is 0 Å². The molecule has 3 saturated heterocycles. The van der Waals surface area contributed by atoms with Crippen molar-refractivity contribution in [1.29, 1.82) is 5.26 Å². The average Bonchev–Trinajstić information content (AvgIpc) is 3.48. The molecule has 0 aliphatic carbocycles. The SMILES string of the molecule is CC1COCCN1c1cc(C2(C#N)CC3CCC(C2)O3)c2ccnc(-c3ccn[nH]3)c2n1. The summed E-state index contributed by atoms with van der Waals surface area (Å²) < 4.78 is 11.8. The molecule has 8 nitrogen and oxygen atoms in total. The van der Waals surface area contributed by atoms with Crippen LogP contribution in [-0.4, -0.2) is 58.2 Å². The standard InChI is InChI=1S/C24H26N6O2/c1-15-13-31-9-8-30(15)21-10-19(24(14-25)11-16-2-3-17(12-24)32-16)18-4-6-26-23(22(18)28-21)20-5-7-27-29-20/h4-7,10,15-17H,2-3,8-9,11-13H2,1H3,(H,27,29). The zero-order valence-electron chi connectivity index (χ0n) is 18.1. The van der Waals surface area contributed by atoms with Crippen LogP contribution in [0.2, 0.25) is 0 Å². The van der Waals surface area contributed by atoms with Crippen LogP contribution in [0.5, 0.6) is 0 Å². The van der Waals surface area contributed by atoms with Gasteiger partial charge in [0.1, 0.15) is 17.0 Å². The van der Waals surface area contributed by atoms with Gasteiger partial charge in [-0.25, -0.2) is 4.98 Å². The number of fused-ring (bicyclic) bond motifs is 3. The summed E-state index contributed by atoms with van der Waals surface area (Å²) in [5.74, 6) is 0.880. The first-order valence-electron chi connectivity index (χ1n) is 11.4. The Morgan fingerprint density at radius 2 is 2.06 bits per heavy atom. The van der Waals surface area contributed by atoms with E-state index in [1.165, 1.54) is 0 Å². The van der Waals surface area contributed by atoms with Gasteiger partial charge in [-0.05, 0) is 56.4 Å². The minimum atomic E-state index is -0.595. The number of anilines is 1. The monoisotopic (exact) mass is 430 g/mol. The Balaban J connectivity index is 1.60. The smallest absolute Gasteiger partial charge is 0.130 e. The molecular weight excluding hydrogens is 404 g/mol. The summed E-state index contributed by atoms with van der Waals surface area (Å²) in [6, 6.07) is 8.99. The van der Waals surface area contributed by atoms with Crippen LogP contribution in [0.3, 0.4) is 0 Å². The van der Waals surface area contributed by atoms with Crippen LogP contribution in [0.1, 0.15) is 38.2 Å². The number of ether oxygens (including phenoxy) is 2. The van der Waals surface area contributed by atoms with Crippen molar-refractivity contribution in [3.63, 3.8) is 0 Å². The lowest BCUT2D eigenvalue weighted by atomic mass is 9.72. The summed E-state index contributed by atoms with van der Waals surface area (Å²) in [4.78, 5) is 12.0. The third-order valence-electron chi connectivity index (χ3n) is 7.21. The molecule has 3 unspecified atom stereocenters. The van der Waals surface area contributed by atoms with Gasteiger partial charge in [0.15, 0.2) is 0 Å². The van der Waals surface area contributed by atoms with Crippen LogP contribution in [0.15, 0.2) is 30.6 Å². The number of pyridine rings is 2. The predicted octanol–water partition coefficient (Wildman–Crippen LogP) is 3.35. The topological polar surface area (TPSA) is 100.0 Å². The molecule has 3 fully saturated rings. The average molecular weight is 431 g/mol. The van der Waals surface area contributed by atoms with Crippen LogP contribution >= 0.6 is 0 Å². The number of aromatic nitrogens is 4. The Labute approximate surface area is 186 Å². The number of morpholine rings is 1. The molecule has 3 aliphatic rings. The second-order valence-corrected chi connectivity index (χ2v) is 9.23. The van der Waals surface area contributed by atoms with Gasteiger partial charge in [-0.3, -0.25) is 10.1 Å². The van der Waals surface area contributed by atoms with Crippen molar-refractivity contribution in [2.24, 2.45) is 0 Å². The van der Waals surface area contributed by atoms with E-state index in [9.17, 15) is 5.26 Å². The first-order valence-corrected chi connectivity index (χ1v) is 11.4. The molecule has 32 heavy (non-hydrogen) atoms. The van der Waals surface area contributed by atoms with E-state index in [2.05, 4.69) is 39.1 Å². The first kappa shape index (κ1) is 19.6. The molecule has 1 N–H and O–H groups in total. The Hall–Kier alpha value is -3.02. The fourth-order valence-electron chi connectivity index (χ4n) is 5.65. The minimum Gasteiger partial charge on any atom is -0.377 e. The van der Waals surface area contributed by atoms with Gasteiger partial charge < -0.3 is 14.4 Å². The van der Waals surface area contributed by atoms with Gasteiger partial charge in [0.05, 0.1) is 48.6 Å². The molecule has 3 aromatic rings. The van der Waals surface area contributed by atoms with Crippen LogP contribution in [-0.2, 0) is 14.9 Å². The molecule has 2 bridgehead atoms. The van der Waals surface area contributed by atoms with Crippen molar-refractivity contribution in [2.75, 3.05) is 24.7 Å². The van der Waals surface area contributed by atoms with Crippen LogP contribution < -0.4 is 4.90 Å². The second-order valence-electron chi connectivity index (χ2n) is 9.23. The first-order chi connectivity index (χ1) is 15.7. The fourth-order valence-corrected chi connectivity index (χ4v) is 5.65. The number of aromatic amines is 1. The maximum Gasteiger partial charge on any atom is 0.130 e. The van der Waals surface area contributed by atoms with Crippen LogP contribution in [0.4, 0.5) is 5.82 Å². The lowest BCUT2D eigenvalue weighted by Crippen LogP contribution is -2.44. The van der Waals surface area contributed by atoms with E-state index in [-0.39, 0.29) is 18.2 Å². The number of nitriles is 1. The van der Waals surface area contributed by atoms with E-state index >= 15 is 0 Å². The van der Waals surface area contributed by atoms with Gasteiger partial charge >= 0.3 is 0 Å². The molecule has 164 valence electrons. The fraction of sp³-hybridized carbons (Fsp3) is 0.500. The number of rotatable bonds is 3. The predicted molar refractivity (Wildman–Crippen MR) is 119 cm³/mol. The zero-order valence-corrected chi connectivity index (χ0v) is 18.1. The summed E-state index contributed by atoms with van der Waals surface area (Å²) in [5, 5.41) is 18.7. The van der Waals surface area contributed by atoms with Crippen molar-refractivity contribution in [1.82, 2.24) is 20.2 Å². The minimum absolute atomic E-state index is 0.149. The third kappa shape index (κ3) is 3.07. The molecule has 3 aliphatic heterocycles. The van der Waals surface area contributed by atoms with Gasteiger partial charge in [-0.2, -0.15) is 10.4 Å². The highest BCUT2D eigenvalue weighted by atomic mass is 16.5. The quantitative estimate of drug-likeness (QED) is 0.680. The van der Waals surface area contributed by atoms with Crippen molar-refractivity contribution in [3.05, 3.63) is 36.2 Å². The van der Waals surface area contributed by atoms with Crippen molar-refractivity contribution in [2.45, 2.75) is 56.3 Å². The summed E-state index contributed by atoms with van der Waals surface area (Å²) in [6.45, 7) is 4.25. The maximum absolute atomic E-state index is 10.5. The summed E-state index contributed by atoms with van der Waals surface area (Å²) >= 11 is 0. The molecule has 0 amide bonds. The number of nitrogens with zero attached hydrogens (tertiary/aromatic N) is 5. The normalized spacial score (nSPS) is 29.9. The lowest BCUT2D eigenvalue weighted by molar-refractivity contribution is -0.0181. The summed E-state index contributed by atoms with van der Waals surface area (Å²) in [7, 11) is 0. The molecular formula is C24H26N6O2. The molecule has 0 radical (unpaired) electrons. The summed E-state index contributed by atoms with van der Waals surface area (Å²) in [6.07, 6.45) is 7.33. The molecule has 0 aromatic carbocycles. The Morgan fingerprint density at radius 3 is 2.78 bits per heavy atom. The molecule has 3 atom stereocenters. The van der Waals surface area contributed by atoms with Gasteiger partial charge in [0.2, 0.25) is 0 Å². The maximum atomic E-state index is 10.5. The summed E-state index contributed by atoms with van der Waals surface area (Å²) in [5.41, 5.74) is 2.83. The number of hydrogen-bond donors (Lipinski definition) is 1. The molecule has 8 heteroatoms. The van der Waals surface area contributed by atoms with Crippen molar-refractivity contribution in [3.8, 4) is 17.5 Å². The van der Waals surface area contributed by atoms with Crippen molar-refractivity contribution < 1.29 is 9.47 Å². The van der Waals surface area contributed by atoms with E-state index < -0.39 is 5.41 Å². The van der Waals surface area contributed by atoms with Crippen LogP contribution in [0, 0.1) is 11.3 Å². The van der Waals surface area contributed by atoms with Gasteiger partial charge in [-0.1, -0.05) is 0 Å². The van der Waals surface area contributed by atoms with Crippen molar-refractivity contribution >= 4 is 16.7 Å². The Kier molecular flexibility index (Phi) is 4.63. The lowest BCUT2D eigenvalue weighted by Gasteiger charge is -2.38. The number of H-pyrrole nitrogens is 1. The highest BCUT2D eigenvalue weighted by Crippen LogP contribution is 2.48. The number of nitrogens with one attached hydrogen (secondary N) is 1. The largest absolute Gasteiger partial charge is 0.377 e. The second kappa shape index (κ2) is 7.54. The van der Waals surface area contributed by atoms with E-state index in [0.717, 1.165) is 65.9 Å². The van der Waals surface area contributed by atoms with E-state index in [4.69, 9.17) is 14.5 Å². The zero-order chi connectivity index (χ0) is 21.7. The highest BCUT2D eigenvalue weighted by Gasteiger charge is 2.47. The molecule has 6 heterocycles. The van der Waals surface area contributed by atoms with Crippen LogP contribution in [0.25, 0.3) is 22.3 Å². The molecule has 0 saturated carbocycles. The van der Waals surface area contributed by atoms with Gasteiger partial charge in [0, 0.05) is 24.3 Å². The molecule has 6 rings (SSSR count). The highest BCUT2D eigenvalue weighted by molar-refractivity contribution is 5.94. The Morgan fingerprint density at radius 1 is 1.22 bits per heavy atom.